The average molecular weight is 292 g/mol. The van der Waals surface area contributed by atoms with E-state index >= 15 is 0 Å². The Bertz CT molecular complexity index is 573. The zero-order valence-electron chi connectivity index (χ0n) is 9.98. The van der Waals surface area contributed by atoms with Crippen LogP contribution in [0.3, 0.4) is 0 Å². The lowest BCUT2D eigenvalue weighted by Crippen LogP contribution is -2.34. The van der Waals surface area contributed by atoms with E-state index in [1.165, 1.54) is 24.3 Å². The molecule has 1 aromatic carbocycles. The van der Waals surface area contributed by atoms with Crippen LogP contribution in [0.5, 0.6) is 0 Å². The van der Waals surface area contributed by atoms with Crippen molar-refractivity contribution in [2.24, 2.45) is 0 Å². The van der Waals surface area contributed by atoms with Crippen molar-refractivity contribution in [1.82, 2.24) is 4.31 Å². The number of sulfonamides is 1. The lowest BCUT2D eigenvalue weighted by atomic mass is 10.1. The van der Waals surface area contributed by atoms with Gasteiger partial charge in [0.15, 0.2) is 5.75 Å². The predicted molar refractivity (Wildman–Crippen MR) is 62.5 cm³/mol. The van der Waals surface area contributed by atoms with Crippen molar-refractivity contribution in [2.75, 3.05) is 12.8 Å². The van der Waals surface area contributed by atoms with E-state index in [0.29, 0.717) is 15.4 Å². The SMILES string of the molecule is CN(Cc1ccc(C#N)cc1)S(=O)(=O)CC(F)(F)F. The summed E-state index contributed by atoms with van der Waals surface area (Å²) in [6.45, 7) is -0.176. The van der Waals surface area contributed by atoms with Crippen LogP contribution in [0.4, 0.5) is 13.2 Å². The van der Waals surface area contributed by atoms with Gasteiger partial charge in [0.2, 0.25) is 10.0 Å². The smallest absolute Gasteiger partial charge is 0.212 e. The third-order valence-corrected chi connectivity index (χ3v) is 4.08. The van der Waals surface area contributed by atoms with Gasteiger partial charge < -0.3 is 0 Å². The van der Waals surface area contributed by atoms with E-state index in [1.54, 1.807) is 0 Å². The third-order valence-electron chi connectivity index (χ3n) is 2.31. The second-order valence-electron chi connectivity index (χ2n) is 3.94. The van der Waals surface area contributed by atoms with Gasteiger partial charge in [-0.3, -0.25) is 0 Å². The van der Waals surface area contributed by atoms with Gasteiger partial charge in [-0.25, -0.2) is 12.7 Å². The molecule has 4 nitrogen and oxygen atoms in total. The van der Waals surface area contributed by atoms with Gasteiger partial charge in [0.1, 0.15) is 0 Å². The second-order valence-corrected chi connectivity index (χ2v) is 6.01. The molecule has 1 aromatic rings. The first-order valence-electron chi connectivity index (χ1n) is 5.14. The predicted octanol–water partition coefficient (Wildman–Crippen LogP) is 1.88. The molecule has 8 heteroatoms. The van der Waals surface area contributed by atoms with Gasteiger partial charge in [-0.15, -0.1) is 0 Å². The zero-order chi connectivity index (χ0) is 14.7. The number of nitrogens with zero attached hydrogens (tertiary/aromatic N) is 2. The van der Waals surface area contributed by atoms with Gasteiger partial charge in [0.25, 0.3) is 0 Å². The number of hydrogen-bond donors (Lipinski definition) is 0. The largest absolute Gasteiger partial charge is 0.404 e. The standard InChI is InChI=1S/C11H11F3N2O2S/c1-16(19(17,18)8-11(12,13)14)7-10-4-2-9(6-15)3-5-10/h2-5H,7-8H2,1H3. The highest BCUT2D eigenvalue weighted by Crippen LogP contribution is 2.20. The highest BCUT2D eigenvalue weighted by atomic mass is 32.2. The molecule has 0 amide bonds. The lowest BCUT2D eigenvalue weighted by Gasteiger charge is -2.18. The molecule has 0 spiro atoms. The van der Waals surface area contributed by atoms with Crippen LogP contribution in [-0.4, -0.2) is 31.7 Å². The molecule has 0 unspecified atom stereocenters. The topological polar surface area (TPSA) is 61.2 Å². The summed E-state index contributed by atoms with van der Waals surface area (Å²) in [5, 5.41) is 8.59. The minimum atomic E-state index is -4.77. The van der Waals surface area contributed by atoms with Gasteiger partial charge in [0.05, 0.1) is 11.6 Å². The minimum Gasteiger partial charge on any atom is -0.212 e. The number of halogens is 3. The average Bonchev–Trinajstić information content (AvgIpc) is 2.26. The summed E-state index contributed by atoms with van der Waals surface area (Å²) in [5.41, 5.74) is 0.900. The molecule has 0 saturated carbocycles. The quantitative estimate of drug-likeness (QED) is 0.851. The molecule has 0 heterocycles. The van der Waals surface area contributed by atoms with Crippen LogP contribution in [-0.2, 0) is 16.6 Å². The molecule has 1 rings (SSSR count). The molecule has 0 aliphatic carbocycles. The highest BCUT2D eigenvalue weighted by Gasteiger charge is 2.37. The summed E-state index contributed by atoms with van der Waals surface area (Å²) < 4.78 is 59.8. The second kappa shape index (κ2) is 5.59. The fraction of sp³-hybridized carbons (Fsp3) is 0.364. The molecule has 0 aliphatic heterocycles. The van der Waals surface area contributed by atoms with Crippen molar-refractivity contribution in [3.8, 4) is 6.07 Å². The van der Waals surface area contributed by atoms with E-state index < -0.39 is 22.0 Å². The van der Waals surface area contributed by atoms with Gasteiger partial charge in [-0.1, -0.05) is 12.1 Å². The molecule has 19 heavy (non-hydrogen) atoms. The first-order chi connectivity index (χ1) is 8.64. The van der Waals surface area contributed by atoms with E-state index in [1.807, 2.05) is 6.07 Å². The van der Waals surface area contributed by atoms with E-state index in [9.17, 15) is 21.6 Å². The lowest BCUT2D eigenvalue weighted by molar-refractivity contribution is -0.107. The molecule has 0 bridgehead atoms. The molecule has 0 aliphatic rings. The third kappa shape index (κ3) is 4.89. The molecule has 0 saturated heterocycles. The van der Waals surface area contributed by atoms with E-state index in [4.69, 9.17) is 5.26 Å². The van der Waals surface area contributed by atoms with Gasteiger partial charge in [-0.05, 0) is 17.7 Å². The van der Waals surface area contributed by atoms with E-state index in [0.717, 1.165) is 7.05 Å². The van der Waals surface area contributed by atoms with E-state index in [-0.39, 0.29) is 6.54 Å². The Labute approximate surface area is 109 Å². The van der Waals surface area contributed by atoms with Gasteiger partial charge in [0, 0.05) is 13.6 Å². The fourth-order valence-corrected chi connectivity index (χ4v) is 2.34. The Balaban J connectivity index is 2.79. The molecule has 0 atom stereocenters. The number of rotatable bonds is 4. The highest BCUT2D eigenvalue weighted by molar-refractivity contribution is 7.89. The summed E-state index contributed by atoms with van der Waals surface area (Å²) in [6.07, 6.45) is -4.77. The van der Waals surface area contributed by atoms with Gasteiger partial charge >= 0.3 is 6.18 Å². The summed E-state index contributed by atoms with van der Waals surface area (Å²) in [5.74, 6) is -1.88. The van der Waals surface area contributed by atoms with Crippen molar-refractivity contribution in [3.05, 3.63) is 35.4 Å². The van der Waals surface area contributed by atoms with Crippen molar-refractivity contribution in [3.63, 3.8) is 0 Å². The molecular weight excluding hydrogens is 281 g/mol. The summed E-state index contributed by atoms with van der Waals surface area (Å²) in [7, 11) is -3.31. The van der Waals surface area contributed by atoms with Crippen molar-refractivity contribution < 1.29 is 21.6 Å². The van der Waals surface area contributed by atoms with Crippen LogP contribution in [0.2, 0.25) is 0 Å². The minimum absolute atomic E-state index is 0.176. The maximum absolute atomic E-state index is 12.1. The number of alkyl halides is 3. The Morgan fingerprint density at radius 1 is 1.26 bits per heavy atom. The van der Waals surface area contributed by atoms with Crippen LogP contribution in [0, 0.1) is 11.3 Å². The van der Waals surface area contributed by atoms with Crippen LogP contribution in [0.15, 0.2) is 24.3 Å². The van der Waals surface area contributed by atoms with Crippen molar-refractivity contribution in [1.29, 1.82) is 5.26 Å². The van der Waals surface area contributed by atoms with Gasteiger partial charge in [-0.2, -0.15) is 18.4 Å². The normalized spacial score (nSPS) is 12.4. The summed E-state index contributed by atoms with van der Waals surface area (Å²) >= 11 is 0. The molecule has 0 fully saturated rings. The fourth-order valence-electron chi connectivity index (χ4n) is 1.36. The maximum atomic E-state index is 12.1. The van der Waals surface area contributed by atoms with Crippen LogP contribution in [0.25, 0.3) is 0 Å². The summed E-state index contributed by atoms with van der Waals surface area (Å²) in [6, 6.07) is 7.83. The van der Waals surface area contributed by atoms with Crippen LogP contribution < -0.4 is 0 Å². The Hall–Kier alpha value is -1.59. The maximum Gasteiger partial charge on any atom is 0.404 e. The molecular formula is C11H11F3N2O2S. The van der Waals surface area contributed by atoms with Crippen LogP contribution in [0.1, 0.15) is 11.1 Å². The number of hydrogen-bond acceptors (Lipinski definition) is 3. The van der Waals surface area contributed by atoms with Crippen LogP contribution >= 0.6 is 0 Å². The molecule has 0 aromatic heterocycles. The number of benzene rings is 1. The van der Waals surface area contributed by atoms with Crippen molar-refractivity contribution in [2.45, 2.75) is 12.7 Å². The molecule has 104 valence electrons. The number of nitriles is 1. The Morgan fingerprint density at radius 2 is 1.79 bits per heavy atom. The molecule has 0 N–H and O–H groups in total. The Kier molecular flexibility index (Phi) is 4.55. The monoisotopic (exact) mass is 292 g/mol. The zero-order valence-corrected chi connectivity index (χ0v) is 10.8. The summed E-state index contributed by atoms with van der Waals surface area (Å²) in [4.78, 5) is 0. The first kappa shape index (κ1) is 15.5. The van der Waals surface area contributed by atoms with E-state index in [2.05, 4.69) is 0 Å². The Morgan fingerprint density at radius 3 is 2.21 bits per heavy atom. The molecule has 0 radical (unpaired) electrons. The van der Waals surface area contributed by atoms with Crippen molar-refractivity contribution >= 4 is 10.0 Å². The first-order valence-corrected chi connectivity index (χ1v) is 6.75.